The summed E-state index contributed by atoms with van der Waals surface area (Å²) in [5.74, 6) is 0.693. The van der Waals surface area contributed by atoms with Crippen LogP contribution in [0.25, 0.3) is 22.1 Å². The van der Waals surface area contributed by atoms with Gasteiger partial charge in [-0.3, -0.25) is 0 Å². The van der Waals surface area contributed by atoms with E-state index < -0.39 is 17.7 Å². The smallest absolute Gasteiger partial charge is 0.347 e. The van der Waals surface area contributed by atoms with Crippen LogP contribution in [-0.4, -0.2) is 25.8 Å². The van der Waals surface area contributed by atoms with E-state index in [1.807, 2.05) is 24.3 Å². The molecule has 0 fully saturated rings. The normalized spacial score (nSPS) is 11.8. The Morgan fingerprint density at radius 1 is 1.07 bits per heavy atom. The van der Waals surface area contributed by atoms with Crippen molar-refractivity contribution in [3.63, 3.8) is 0 Å². The van der Waals surface area contributed by atoms with Crippen LogP contribution in [-0.2, 0) is 9.53 Å². The second-order valence-electron chi connectivity index (χ2n) is 5.88. The van der Waals surface area contributed by atoms with E-state index in [0.717, 1.165) is 22.3 Å². The van der Waals surface area contributed by atoms with Crippen molar-refractivity contribution in [1.82, 2.24) is 0 Å². The van der Waals surface area contributed by atoms with Gasteiger partial charge in [0, 0.05) is 17.5 Å². The molecule has 0 saturated carbocycles. The molecule has 0 aliphatic carbocycles. The Morgan fingerprint density at radius 2 is 1.78 bits per heavy atom. The fourth-order valence-electron chi connectivity index (χ4n) is 2.74. The quantitative estimate of drug-likeness (QED) is 0.487. The maximum absolute atomic E-state index is 12.0. The summed E-state index contributed by atoms with van der Waals surface area (Å²) in [5, 5.41) is 0.760. The molecule has 0 bridgehead atoms. The first-order valence-corrected chi connectivity index (χ1v) is 8.57. The molecule has 0 saturated heterocycles. The van der Waals surface area contributed by atoms with Gasteiger partial charge in [-0.2, -0.15) is 0 Å². The summed E-state index contributed by atoms with van der Waals surface area (Å²) in [6, 6.07) is 14.0. The molecule has 0 aliphatic rings. The maximum atomic E-state index is 12.0. The Balaban J connectivity index is 1.98. The zero-order chi connectivity index (χ0) is 19.4. The number of ether oxygens (including phenoxy) is 3. The van der Waals surface area contributed by atoms with Crippen molar-refractivity contribution in [2.45, 2.75) is 20.0 Å². The van der Waals surface area contributed by atoms with Gasteiger partial charge in [0.05, 0.1) is 13.7 Å². The third-order valence-electron chi connectivity index (χ3n) is 4.05. The molecule has 3 rings (SSSR count). The zero-order valence-electron chi connectivity index (χ0n) is 15.4. The lowest BCUT2D eigenvalue weighted by Gasteiger charge is -2.14. The van der Waals surface area contributed by atoms with Crippen molar-refractivity contribution in [3.05, 3.63) is 59.0 Å². The van der Waals surface area contributed by atoms with Crippen LogP contribution >= 0.6 is 0 Å². The average molecular weight is 368 g/mol. The first-order valence-electron chi connectivity index (χ1n) is 8.57. The Kier molecular flexibility index (Phi) is 5.45. The van der Waals surface area contributed by atoms with Gasteiger partial charge in [0.2, 0.25) is 0 Å². The molecule has 0 aliphatic heterocycles. The highest BCUT2D eigenvalue weighted by atomic mass is 16.6. The third-order valence-corrected chi connectivity index (χ3v) is 4.05. The van der Waals surface area contributed by atoms with Crippen LogP contribution in [0.2, 0.25) is 0 Å². The standard InChI is InChI=1S/C21H20O6/c1-4-25-21(23)13(2)26-16-9-10-17-18(12-20(22)27-19(17)11-16)14-5-7-15(24-3)8-6-14/h5-13H,4H2,1-3H3. The monoisotopic (exact) mass is 368 g/mol. The highest BCUT2D eigenvalue weighted by Crippen LogP contribution is 2.31. The largest absolute Gasteiger partial charge is 0.497 e. The van der Waals surface area contributed by atoms with E-state index in [-0.39, 0.29) is 6.61 Å². The van der Waals surface area contributed by atoms with Crippen LogP contribution < -0.4 is 15.1 Å². The summed E-state index contributed by atoms with van der Waals surface area (Å²) in [6.45, 7) is 3.62. The van der Waals surface area contributed by atoms with Gasteiger partial charge in [0.25, 0.3) is 0 Å². The molecular weight excluding hydrogens is 348 g/mol. The van der Waals surface area contributed by atoms with E-state index in [0.29, 0.717) is 11.3 Å². The number of carbonyl (C=O) groups excluding carboxylic acids is 1. The molecule has 0 spiro atoms. The predicted molar refractivity (Wildman–Crippen MR) is 101 cm³/mol. The summed E-state index contributed by atoms with van der Waals surface area (Å²) in [4.78, 5) is 23.7. The van der Waals surface area contributed by atoms with Crippen LogP contribution in [0.4, 0.5) is 0 Å². The molecule has 6 nitrogen and oxygen atoms in total. The minimum Gasteiger partial charge on any atom is -0.497 e. The summed E-state index contributed by atoms with van der Waals surface area (Å²) in [6.07, 6.45) is -0.765. The minimum atomic E-state index is -0.765. The van der Waals surface area contributed by atoms with Crippen molar-refractivity contribution in [2.24, 2.45) is 0 Å². The second kappa shape index (κ2) is 7.95. The van der Waals surface area contributed by atoms with Crippen LogP contribution in [0.1, 0.15) is 13.8 Å². The van der Waals surface area contributed by atoms with Crippen molar-refractivity contribution in [1.29, 1.82) is 0 Å². The molecule has 0 amide bonds. The molecule has 27 heavy (non-hydrogen) atoms. The van der Waals surface area contributed by atoms with E-state index in [9.17, 15) is 9.59 Å². The Hall–Kier alpha value is -3.28. The topological polar surface area (TPSA) is 75.0 Å². The molecule has 1 atom stereocenters. The lowest BCUT2D eigenvalue weighted by atomic mass is 10.0. The minimum absolute atomic E-state index is 0.282. The molecular formula is C21H20O6. The average Bonchev–Trinajstić information content (AvgIpc) is 2.67. The van der Waals surface area contributed by atoms with Crippen molar-refractivity contribution < 1.29 is 23.4 Å². The van der Waals surface area contributed by atoms with E-state index >= 15 is 0 Å². The van der Waals surface area contributed by atoms with Gasteiger partial charge in [-0.25, -0.2) is 9.59 Å². The highest BCUT2D eigenvalue weighted by Gasteiger charge is 2.17. The molecule has 1 heterocycles. The van der Waals surface area contributed by atoms with Crippen LogP contribution in [0.3, 0.4) is 0 Å². The predicted octanol–water partition coefficient (Wildman–Crippen LogP) is 3.80. The first kappa shape index (κ1) is 18.5. The van der Waals surface area contributed by atoms with Crippen LogP contribution in [0.5, 0.6) is 11.5 Å². The number of esters is 1. The van der Waals surface area contributed by atoms with Gasteiger partial charge in [-0.05, 0) is 49.2 Å². The summed E-state index contributed by atoms with van der Waals surface area (Å²) >= 11 is 0. The Morgan fingerprint density at radius 3 is 2.44 bits per heavy atom. The Labute approximate surface area is 156 Å². The molecule has 140 valence electrons. The number of rotatable bonds is 6. The van der Waals surface area contributed by atoms with Crippen molar-refractivity contribution in [3.8, 4) is 22.6 Å². The number of hydrogen-bond acceptors (Lipinski definition) is 6. The van der Waals surface area contributed by atoms with Gasteiger partial charge in [-0.15, -0.1) is 0 Å². The first-order chi connectivity index (χ1) is 13.0. The fraction of sp³-hybridized carbons (Fsp3) is 0.238. The molecule has 1 aromatic heterocycles. The molecule has 6 heteroatoms. The van der Waals surface area contributed by atoms with E-state index in [1.165, 1.54) is 6.07 Å². The number of methoxy groups -OCH3 is 1. The summed E-state index contributed by atoms with van der Waals surface area (Å²) < 4.78 is 21.0. The lowest BCUT2D eigenvalue weighted by Crippen LogP contribution is -2.26. The van der Waals surface area contributed by atoms with E-state index in [1.54, 1.807) is 39.2 Å². The van der Waals surface area contributed by atoms with Gasteiger partial charge < -0.3 is 18.6 Å². The van der Waals surface area contributed by atoms with Crippen molar-refractivity contribution >= 4 is 16.9 Å². The molecule has 3 aromatic rings. The number of hydrogen-bond donors (Lipinski definition) is 0. The van der Waals surface area contributed by atoms with Gasteiger partial charge in [0.1, 0.15) is 17.1 Å². The van der Waals surface area contributed by atoms with Gasteiger partial charge in [0.15, 0.2) is 6.10 Å². The zero-order valence-corrected chi connectivity index (χ0v) is 15.4. The Bertz CT molecular complexity index is 1000. The van der Waals surface area contributed by atoms with Gasteiger partial charge >= 0.3 is 11.6 Å². The van der Waals surface area contributed by atoms with Crippen molar-refractivity contribution in [2.75, 3.05) is 13.7 Å². The molecule has 2 aromatic carbocycles. The molecule has 1 unspecified atom stereocenters. The van der Waals surface area contributed by atoms with Crippen LogP contribution in [0, 0.1) is 0 Å². The third kappa shape index (κ3) is 4.11. The van der Waals surface area contributed by atoms with E-state index in [4.69, 9.17) is 18.6 Å². The number of carbonyl (C=O) groups is 1. The SMILES string of the molecule is CCOC(=O)C(C)Oc1ccc2c(-c3ccc(OC)cc3)cc(=O)oc2c1. The van der Waals surface area contributed by atoms with Gasteiger partial charge in [-0.1, -0.05) is 12.1 Å². The molecule has 0 radical (unpaired) electrons. The van der Waals surface area contributed by atoms with Crippen LogP contribution in [0.15, 0.2) is 57.7 Å². The maximum Gasteiger partial charge on any atom is 0.347 e. The second-order valence-corrected chi connectivity index (χ2v) is 5.88. The fourth-order valence-corrected chi connectivity index (χ4v) is 2.74. The number of benzene rings is 2. The number of fused-ring (bicyclic) bond motifs is 1. The summed E-state index contributed by atoms with van der Waals surface area (Å²) in [5.41, 5.74) is 1.52. The highest BCUT2D eigenvalue weighted by molar-refractivity contribution is 5.93. The molecule has 0 N–H and O–H groups in total. The van der Waals surface area contributed by atoms with E-state index in [2.05, 4.69) is 0 Å². The summed E-state index contributed by atoms with van der Waals surface area (Å²) in [7, 11) is 1.60. The lowest BCUT2D eigenvalue weighted by molar-refractivity contribution is -0.150.